The highest BCUT2D eigenvalue weighted by Gasteiger charge is 2.38. The van der Waals surface area contributed by atoms with Crippen LogP contribution in [0.3, 0.4) is 0 Å². The van der Waals surface area contributed by atoms with Gasteiger partial charge in [0.2, 0.25) is 5.91 Å². The van der Waals surface area contributed by atoms with Crippen molar-refractivity contribution in [1.82, 2.24) is 4.31 Å². The topological polar surface area (TPSA) is 91.8 Å². The standard InChI is InChI=1S/C14H17NO5S/c1-10-5-7-12(8-6-10)21(19,20)15-11(9-14(17)18)3-2-4-13(15)16/h5-8,11H,2-4,9H2,1H3,(H,17,18). The van der Waals surface area contributed by atoms with Crippen LogP contribution in [0.15, 0.2) is 29.2 Å². The van der Waals surface area contributed by atoms with Gasteiger partial charge in [-0.25, -0.2) is 12.7 Å². The van der Waals surface area contributed by atoms with Gasteiger partial charge in [-0.2, -0.15) is 0 Å². The highest BCUT2D eigenvalue weighted by Crippen LogP contribution is 2.28. The molecular weight excluding hydrogens is 294 g/mol. The van der Waals surface area contributed by atoms with Crippen LogP contribution in [-0.2, 0) is 19.6 Å². The first-order chi connectivity index (χ1) is 9.82. The molecule has 0 bridgehead atoms. The summed E-state index contributed by atoms with van der Waals surface area (Å²) in [6.07, 6.45) is 0.651. The van der Waals surface area contributed by atoms with E-state index in [9.17, 15) is 18.0 Å². The molecule has 0 radical (unpaired) electrons. The molecule has 0 spiro atoms. The fourth-order valence-corrected chi connectivity index (χ4v) is 4.10. The number of hydrogen-bond acceptors (Lipinski definition) is 4. The predicted octanol–water partition coefficient (Wildman–Crippen LogP) is 1.54. The number of carboxylic acids is 1. The van der Waals surface area contributed by atoms with Crippen molar-refractivity contribution in [1.29, 1.82) is 0 Å². The maximum atomic E-state index is 12.6. The molecule has 1 aromatic carbocycles. The number of carbonyl (C=O) groups is 2. The van der Waals surface area contributed by atoms with Crippen LogP contribution >= 0.6 is 0 Å². The number of amides is 1. The highest BCUT2D eigenvalue weighted by atomic mass is 32.2. The van der Waals surface area contributed by atoms with Gasteiger partial charge in [-0.15, -0.1) is 0 Å². The first kappa shape index (κ1) is 15.5. The van der Waals surface area contributed by atoms with Crippen LogP contribution in [0.4, 0.5) is 0 Å². The number of piperidine rings is 1. The maximum absolute atomic E-state index is 12.6. The quantitative estimate of drug-likeness (QED) is 0.910. The van der Waals surface area contributed by atoms with Crippen LogP contribution in [0.1, 0.15) is 31.2 Å². The van der Waals surface area contributed by atoms with Gasteiger partial charge in [0.15, 0.2) is 0 Å². The van der Waals surface area contributed by atoms with Crippen LogP contribution in [0.5, 0.6) is 0 Å². The number of sulfonamides is 1. The second-order valence-electron chi connectivity index (χ2n) is 5.15. The fraction of sp³-hybridized carbons (Fsp3) is 0.429. The van der Waals surface area contributed by atoms with Gasteiger partial charge in [0, 0.05) is 6.42 Å². The molecule has 1 N–H and O–H groups in total. The average Bonchev–Trinajstić information content (AvgIpc) is 2.38. The Labute approximate surface area is 123 Å². The molecule has 21 heavy (non-hydrogen) atoms. The summed E-state index contributed by atoms with van der Waals surface area (Å²) in [5, 5.41) is 8.91. The number of carboxylic acid groups (broad SMARTS) is 1. The molecule has 0 aliphatic carbocycles. The average molecular weight is 311 g/mol. The van der Waals surface area contributed by atoms with Crippen LogP contribution in [0.25, 0.3) is 0 Å². The Kier molecular flexibility index (Phi) is 4.32. The lowest BCUT2D eigenvalue weighted by Gasteiger charge is -2.33. The Bertz CT molecular complexity index is 650. The van der Waals surface area contributed by atoms with Gasteiger partial charge in [0.05, 0.1) is 17.4 Å². The lowest BCUT2D eigenvalue weighted by molar-refractivity contribution is -0.139. The largest absolute Gasteiger partial charge is 0.481 e. The number of hydrogen-bond donors (Lipinski definition) is 1. The molecule has 0 saturated carbocycles. The Balaban J connectivity index is 2.40. The minimum Gasteiger partial charge on any atom is -0.481 e. The number of nitrogens with zero attached hydrogens (tertiary/aromatic N) is 1. The zero-order valence-corrected chi connectivity index (χ0v) is 12.5. The summed E-state index contributed by atoms with van der Waals surface area (Å²) in [5.41, 5.74) is 0.904. The third-order valence-electron chi connectivity index (χ3n) is 3.49. The molecule has 1 aliphatic rings. The number of benzene rings is 1. The van der Waals surface area contributed by atoms with Crippen molar-refractivity contribution in [3.05, 3.63) is 29.8 Å². The zero-order chi connectivity index (χ0) is 15.6. The van der Waals surface area contributed by atoms with E-state index in [-0.39, 0.29) is 17.7 Å². The molecule has 1 atom stereocenters. The molecule has 1 saturated heterocycles. The third kappa shape index (κ3) is 3.24. The zero-order valence-electron chi connectivity index (χ0n) is 11.7. The van der Waals surface area contributed by atoms with E-state index in [0.29, 0.717) is 12.8 Å². The van der Waals surface area contributed by atoms with Gasteiger partial charge < -0.3 is 5.11 Å². The number of carbonyl (C=O) groups excluding carboxylic acids is 1. The van der Waals surface area contributed by atoms with Gasteiger partial charge in [0.1, 0.15) is 0 Å². The van der Waals surface area contributed by atoms with Crippen LogP contribution in [-0.4, -0.2) is 35.7 Å². The number of aryl methyl sites for hydroxylation is 1. The van der Waals surface area contributed by atoms with Gasteiger partial charge in [-0.3, -0.25) is 9.59 Å². The van der Waals surface area contributed by atoms with Crippen molar-refractivity contribution in [2.75, 3.05) is 0 Å². The molecule has 1 heterocycles. The minimum absolute atomic E-state index is 0.0127. The van der Waals surface area contributed by atoms with Gasteiger partial charge >= 0.3 is 5.97 Å². The molecule has 7 heteroatoms. The SMILES string of the molecule is Cc1ccc(S(=O)(=O)N2C(=O)CCCC2CC(=O)O)cc1. The highest BCUT2D eigenvalue weighted by molar-refractivity contribution is 7.89. The van der Waals surface area contributed by atoms with Crippen molar-refractivity contribution >= 4 is 21.9 Å². The molecular formula is C14H17NO5S. The summed E-state index contributed by atoms with van der Waals surface area (Å²) in [6, 6.07) is 5.35. The second-order valence-corrected chi connectivity index (χ2v) is 6.97. The van der Waals surface area contributed by atoms with Crippen molar-refractivity contribution in [3.63, 3.8) is 0 Å². The first-order valence-corrected chi connectivity index (χ1v) is 8.12. The maximum Gasteiger partial charge on any atom is 0.305 e. The Morgan fingerprint density at radius 1 is 1.33 bits per heavy atom. The third-order valence-corrected chi connectivity index (χ3v) is 5.38. The molecule has 1 unspecified atom stereocenters. The van der Waals surface area contributed by atoms with Gasteiger partial charge in [-0.05, 0) is 31.9 Å². The molecule has 0 aromatic heterocycles. The van der Waals surface area contributed by atoms with Crippen molar-refractivity contribution in [3.8, 4) is 0 Å². The first-order valence-electron chi connectivity index (χ1n) is 6.68. The number of aliphatic carboxylic acids is 1. The van der Waals surface area contributed by atoms with E-state index in [1.165, 1.54) is 12.1 Å². The van der Waals surface area contributed by atoms with Crippen molar-refractivity contribution in [2.45, 2.75) is 43.5 Å². The lowest BCUT2D eigenvalue weighted by Crippen LogP contribution is -2.48. The van der Waals surface area contributed by atoms with E-state index < -0.39 is 27.9 Å². The Morgan fingerprint density at radius 2 is 1.95 bits per heavy atom. The summed E-state index contributed by atoms with van der Waals surface area (Å²) < 4.78 is 26.0. The van der Waals surface area contributed by atoms with Gasteiger partial charge in [-0.1, -0.05) is 17.7 Å². The Morgan fingerprint density at radius 3 is 2.52 bits per heavy atom. The van der Waals surface area contributed by atoms with Crippen molar-refractivity contribution < 1.29 is 23.1 Å². The lowest BCUT2D eigenvalue weighted by atomic mass is 10.0. The summed E-state index contributed by atoms with van der Waals surface area (Å²) >= 11 is 0. The molecule has 114 valence electrons. The smallest absolute Gasteiger partial charge is 0.305 e. The second kappa shape index (κ2) is 5.85. The van der Waals surface area contributed by atoms with Crippen LogP contribution in [0.2, 0.25) is 0 Å². The van der Waals surface area contributed by atoms with Crippen LogP contribution in [0, 0.1) is 6.92 Å². The molecule has 1 amide bonds. The van der Waals surface area contributed by atoms with E-state index in [2.05, 4.69) is 0 Å². The van der Waals surface area contributed by atoms with E-state index in [0.717, 1.165) is 9.87 Å². The van der Waals surface area contributed by atoms with Crippen LogP contribution < -0.4 is 0 Å². The summed E-state index contributed by atoms with van der Waals surface area (Å²) in [7, 11) is -4.00. The minimum atomic E-state index is -4.00. The van der Waals surface area contributed by atoms with Gasteiger partial charge in [0.25, 0.3) is 10.0 Å². The molecule has 1 aliphatic heterocycles. The van der Waals surface area contributed by atoms with Crippen molar-refractivity contribution in [2.24, 2.45) is 0 Å². The van der Waals surface area contributed by atoms with E-state index in [4.69, 9.17) is 5.11 Å². The molecule has 6 nitrogen and oxygen atoms in total. The monoisotopic (exact) mass is 311 g/mol. The Hall–Kier alpha value is -1.89. The molecule has 1 aromatic rings. The molecule has 1 fully saturated rings. The normalized spacial score (nSPS) is 19.6. The summed E-state index contributed by atoms with van der Waals surface area (Å²) in [4.78, 5) is 22.9. The summed E-state index contributed by atoms with van der Waals surface area (Å²) in [6.45, 7) is 1.83. The number of rotatable bonds is 4. The fourth-order valence-electron chi connectivity index (χ4n) is 2.46. The molecule has 2 rings (SSSR count). The van der Waals surface area contributed by atoms with E-state index in [1.807, 2.05) is 6.92 Å². The predicted molar refractivity (Wildman–Crippen MR) is 75.1 cm³/mol. The van der Waals surface area contributed by atoms with E-state index in [1.54, 1.807) is 12.1 Å². The van der Waals surface area contributed by atoms with E-state index >= 15 is 0 Å². The summed E-state index contributed by atoms with van der Waals surface area (Å²) in [5.74, 6) is -1.65.